The quantitative estimate of drug-likeness (QED) is 0.621. The average Bonchev–Trinajstić information content (AvgIpc) is 3.26. The maximum Gasteiger partial charge on any atom is 0.159 e. The normalized spacial score (nSPS) is 21.6. The number of piperidine rings is 1. The second kappa shape index (κ2) is 8.02. The van der Waals surface area contributed by atoms with Gasteiger partial charge in [0.2, 0.25) is 0 Å². The molecule has 2 aromatic rings. The van der Waals surface area contributed by atoms with Gasteiger partial charge in [-0.2, -0.15) is 0 Å². The van der Waals surface area contributed by atoms with Crippen LogP contribution in [0.4, 0.5) is 5.69 Å². The summed E-state index contributed by atoms with van der Waals surface area (Å²) < 4.78 is 0. The lowest BCUT2D eigenvalue weighted by Crippen LogP contribution is -2.37. The molecule has 3 heterocycles. The number of anilines is 1. The number of nitrogens with zero attached hydrogens (tertiary/aromatic N) is 3. The third-order valence-corrected chi connectivity index (χ3v) is 7.46. The molecule has 3 aliphatic heterocycles. The summed E-state index contributed by atoms with van der Waals surface area (Å²) in [5, 5.41) is 0.791. The fraction of sp³-hybridized carbons (Fsp3) is 0.391. The molecule has 5 heteroatoms. The van der Waals surface area contributed by atoms with E-state index in [-0.39, 0.29) is 0 Å². The molecule has 2 aromatic carbocycles. The van der Waals surface area contributed by atoms with E-state index in [4.69, 9.17) is 11.6 Å². The minimum absolute atomic E-state index is 0.324. The van der Waals surface area contributed by atoms with E-state index in [1.807, 2.05) is 23.9 Å². The Kier molecular flexibility index (Phi) is 5.27. The van der Waals surface area contributed by atoms with Crippen LogP contribution in [0, 0.1) is 0 Å². The molecule has 0 saturated carbocycles. The van der Waals surface area contributed by atoms with Gasteiger partial charge in [-0.05, 0) is 68.7 Å². The summed E-state index contributed by atoms with van der Waals surface area (Å²) in [5.74, 6) is 0. The number of halogens is 1. The molecule has 28 heavy (non-hydrogen) atoms. The molecule has 1 saturated heterocycles. The Morgan fingerprint density at radius 3 is 2.54 bits per heavy atom. The number of para-hydroxylation sites is 1. The van der Waals surface area contributed by atoms with E-state index in [2.05, 4.69) is 57.3 Å². The zero-order valence-corrected chi connectivity index (χ0v) is 17.6. The summed E-state index contributed by atoms with van der Waals surface area (Å²) in [6, 6.07) is 17.0. The van der Waals surface area contributed by atoms with Gasteiger partial charge in [-0.3, -0.25) is 0 Å². The maximum atomic E-state index is 6.13. The predicted octanol–water partition coefficient (Wildman–Crippen LogP) is 5.73. The van der Waals surface area contributed by atoms with Crippen molar-refractivity contribution in [3.8, 4) is 0 Å². The van der Waals surface area contributed by atoms with Crippen LogP contribution >= 0.6 is 23.4 Å². The third kappa shape index (κ3) is 3.54. The molecule has 0 radical (unpaired) electrons. The Balaban J connectivity index is 1.37. The fourth-order valence-electron chi connectivity index (χ4n) is 4.47. The van der Waals surface area contributed by atoms with Crippen molar-refractivity contribution in [2.45, 2.75) is 36.1 Å². The summed E-state index contributed by atoms with van der Waals surface area (Å²) in [5.41, 5.74) is 4.20. The molecule has 146 valence electrons. The summed E-state index contributed by atoms with van der Waals surface area (Å²) in [6.07, 6.45) is 7.65. The van der Waals surface area contributed by atoms with Crippen molar-refractivity contribution in [1.29, 1.82) is 0 Å². The van der Waals surface area contributed by atoms with E-state index >= 15 is 0 Å². The number of likely N-dealkylation sites (tertiary alicyclic amines) is 1. The van der Waals surface area contributed by atoms with E-state index in [0.717, 1.165) is 11.6 Å². The lowest BCUT2D eigenvalue weighted by Gasteiger charge is -2.31. The average molecular weight is 412 g/mol. The fourth-order valence-corrected chi connectivity index (χ4v) is 5.91. The van der Waals surface area contributed by atoms with Crippen molar-refractivity contribution in [1.82, 2.24) is 9.80 Å². The van der Waals surface area contributed by atoms with Crippen molar-refractivity contribution in [3.05, 3.63) is 65.3 Å². The molecular formula is C23H26ClN3S. The smallest absolute Gasteiger partial charge is 0.159 e. The number of fused-ring (bicyclic) bond motifs is 3. The first-order valence-electron chi connectivity index (χ1n) is 10.3. The van der Waals surface area contributed by atoms with E-state index in [0.29, 0.717) is 5.50 Å². The van der Waals surface area contributed by atoms with Crippen molar-refractivity contribution in [2.24, 2.45) is 0 Å². The van der Waals surface area contributed by atoms with Crippen LogP contribution in [0.2, 0.25) is 5.02 Å². The minimum atomic E-state index is 0.324. The van der Waals surface area contributed by atoms with Gasteiger partial charge in [0, 0.05) is 22.7 Å². The van der Waals surface area contributed by atoms with E-state index < -0.39 is 0 Å². The topological polar surface area (TPSA) is 9.72 Å². The molecular weight excluding hydrogens is 386 g/mol. The number of thioether (sulfide) groups is 1. The Labute approximate surface area is 177 Å². The van der Waals surface area contributed by atoms with Gasteiger partial charge in [0.25, 0.3) is 0 Å². The van der Waals surface area contributed by atoms with Crippen molar-refractivity contribution in [3.63, 3.8) is 0 Å². The summed E-state index contributed by atoms with van der Waals surface area (Å²) >= 11 is 8.10. The summed E-state index contributed by atoms with van der Waals surface area (Å²) in [7, 11) is 0. The standard InChI is InChI=1S/C23H26ClN3S/c24-19-11-9-18(10-12-19)21-17-27-20-7-2-3-8-22(20)28-23(27)26(21)16-6-15-25-13-4-1-5-14-25/h2-3,7-12,17,23H,1,4-6,13-16H2. The van der Waals surface area contributed by atoms with Gasteiger partial charge in [-0.1, -0.05) is 54.0 Å². The molecule has 1 atom stereocenters. The van der Waals surface area contributed by atoms with Crippen LogP contribution < -0.4 is 4.90 Å². The Morgan fingerprint density at radius 1 is 0.929 bits per heavy atom. The molecule has 0 N–H and O–H groups in total. The van der Waals surface area contributed by atoms with Crippen LogP contribution in [-0.2, 0) is 0 Å². The lowest BCUT2D eigenvalue weighted by molar-refractivity contribution is 0.217. The highest BCUT2D eigenvalue weighted by Gasteiger charge is 2.39. The first-order valence-corrected chi connectivity index (χ1v) is 11.6. The second-order valence-electron chi connectivity index (χ2n) is 7.79. The van der Waals surface area contributed by atoms with Gasteiger partial charge in [-0.15, -0.1) is 0 Å². The van der Waals surface area contributed by atoms with Gasteiger partial charge in [0.1, 0.15) is 0 Å². The Hall–Kier alpha value is -1.62. The van der Waals surface area contributed by atoms with E-state index in [9.17, 15) is 0 Å². The van der Waals surface area contributed by atoms with Gasteiger partial charge in [-0.25, -0.2) is 0 Å². The number of hydrogen-bond acceptors (Lipinski definition) is 4. The molecule has 0 aromatic heterocycles. The molecule has 0 aliphatic carbocycles. The first-order chi connectivity index (χ1) is 13.8. The lowest BCUT2D eigenvalue weighted by atomic mass is 10.1. The molecule has 0 spiro atoms. The van der Waals surface area contributed by atoms with Crippen molar-refractivity contribution in [2.75, 3.05) is 31.1 Å². The van der Waals surface area contributed by atoms with E-state index in [1.165, 1.54) is 67.2 Å². The molecule has 0 bridgehead atoms. The van der Waals surface area contributed by atoms with Crippen LogP contribution in [0.3, 0.4) is 0 Å². The van der Waals surface area contributed by atoms with Gasteiger partial charge >= 0.3 is 0 Å². The third-order valence-electron chi connectivity index (χ3n) is 5.91. The number of hydrogen-bond donors (Lipinski definition) is 0. The van der Waals surface area contributed by atoms with Crippen molar-refractivity contribution < 1.29 is 0 Å². The first kappa shape index (κ1) is 18.4. The maximum absolute atomic E-state index is 6.13. The summed E-state index contributed by atoms with van der Waals surface area (Å²) in [4.78, 5) is 9.03. The molecule has 1 fully saturated rings. The van der Waals surface area contributed by atoms with Gasteiger partial charge < -0.3 is 14.7 Å². The number of rotatable bonds is 5. The van der Waals surface area contributed by atoms with Crippen LogP contribution in [0.15, 0.2) is 59.6 Å². The Bertz CT molecular complexity index is 860. The van der Waals surface area contributed by atoms with Crippen LogP contribution in [0.25, 0.3) is 5.70 Å². The molecule has 3 nitrogen and oxygen atoms in total. The van der Waals surface area contributed by atoms with Crippen molar-refractivity contribution >= 4 is 34.7 Å². The van der Waals surface area contributed by atoms with Crippen LogP contribution in [0.1, 0.15) is 31.2 Å². The monoisotopic (exact) mass is 411 g/mol. The van der Waals surface area contributed by atoms with Crippen LogP contribution in [0.5, 0.6) is 0 Å². The predicted molar refractivity (Wildman–Crippen MR) is 120 cm³/mol. The van der Waals surface area contributed by atoms with E-state index in [1.54, 1.807) is 0 Å². The highest BCUT2D eigenvalue weighted by Crippen LogP contribution is 2.50. The highest BCUT2D eigenvalue weighted by atomic mass is 35.5. The zero-order chi connectivity index (χ0) is 18.9. The number of benzene rings is 2. The molecule has 5 rings (SSSR count). The van der Waals surface area contributed by atoms with Gasteiger partial charge in [0.05, 0.1) is 11.4 Å². The van der Waals surface area contributed by atoms with Crippen LogP contribution in [-0.4, -0.2) is 41.5 Å². The molecule has 0 amide bonds. The molecule has 3 aliphatic rings. The minimum Gasteiger partial charge on any atom is -0.340 e. The highest BCUT2D eigenvalue weighted by molar-refractivity contribution is 8.00. The molecule has 1 unspecified atom stereocenters. The zero-order valence-electron chi connectivity index (χ0n) is 16.1. The largest absolute Gasteiger partial charge is 0.340 e. The second-order valence-corrected chi connectivity index (χ2v) is 9.32. The van der Waals surface area contributed by atoms with Gasteiger partial charge in [0.15, 0.2) is 5.50 Å². The SMILES string of the molecule is Clc1ccc(C2=CN3c4ccccc4SC3N2CCCN2CCCCC2)cc1. The summed E-state index contributed by atoms with van der Waals surface area (Å²) in [6.45, 7) is 4.83. The Morgan fingerprint density at radius 2 is 1.71 bits per heavy atom.